The Hall–Kier alpha value is -1.09. The van der Waals surface area contributed by atoms with Gasteiger partial charge < -0.3 is 10.0 Å². The Bertz CT molecular complexity index is 372. The highest BCUT2D eigenvalue weighted by Gasteiger charge is 2.18. The molecule has 1 aromatic rings. The zero-order valence-electron chi connectivity index (χ0n) is 11.7. The average Bonchev–Trinajstić information content (AvgIpc) is 2.29. The van der Waals surface area contributed by atoms with Crippen LogP contribution >= 0.6 is 0 Å². The number of rotatable bonds is 2. The number of aromatic nitrogens is 1. The van der Waals surface area contributed by atoms with Gasteiger partial charge in [-0.15, -0.1) is 0 Å². The summed E-state index contributed by atoms with van der Waals surface area (Å²) in [6.45, 7) is 8.55. The lowest BCUT2D eigenvalue weighted by molar-refractivity contribution is 0.145. The van der Waals surface area contributed by atoms with Crippen molar-refractivity contribution in [2.45, 2.75) is 46.1 Å². The minimum Gasteiger partial charge on any atom is -0.393 e. The predicted octanol–water partition coefficient (Wildman–Crippen LogP) is 2.63. The molecule has 1 aromatic heterocycles. The second-order valence-electron chi connectivity index (χ2n) is 6.48. The summed E-state index contributed by atoms with van der Waals surface area (Å²) in [7, 11) is 0. The van der Waals surface area contributed by atoms with Crippen LogP contribution in [0.2, 0.25) is 0 Å². The Kier molecular flexibility index (Phi) is 3.91. The largest absolute Gasteiger partial charge is 0.393 e. The average molecular weight is 248 g/mol. The van der Waals surface area contributed by atoms with Crippen molar-refractivity contribution in [1.82, 2.24) is 4.98 Å². The molecular weight excluding hydrogens is 224 g/mol. The van der Waals surface area contributed by atoms with Crippen molar-refractivity contribution < 1.29 is 5.11 Å². The Labute approximate surface area is 110 Å². The number of pyridine rings is 1. The molecule has 100 valence electrons. The van der Waals surface area contributed by atoms with E-state index in [0.717, 1.165) is 38.2 Å². The molecule has 1 aliphatic rings. The van der Waals surface area contributed by atoms with Crippen LogP contribution in [0.5, 0.6) is 0 Å². The smallest absolute Gasteiger partial charge is 0.128 e. The maximum Gasteiger partial charge on any atom is 0.128 e. The summed E-state index contributed by atoms with van der Waals surface area (Å²) in [6.07, 6.45) is 4.63. The van der Waals surface area contributed by atoms with Crippen LogP contribution in [0.4, 0.5) is 5.82 Å². The molecule has 3 heteroatoms. The van der Waals surface area contributed by atoms with E-state index in [4.69, 9.17) is 0 Å². The summed E-state index contributed by atoms with van der Waals surface area (Å²) in [6, 6.07) is 4.29. The van der Waals surface area contributed by atoms with Gasteiger partial charge in [-0.1, -0.05) is 26.8 Å². The van der Waals surface area contributed by atoms with Crippen molar-refractivity contribution in [3.8, 4) is 0 Å². The summed E-state index contributed by atoms with van der Waals surface area (Å²) >= 11 is 0. The molecule has 0 unspecified atom stereocenters. The molecule has 1 N–H and O–H groups in total. The number of hydrogen-bond acceptors (Lipinski definition) is 3. The topological polar surface area (TPSA) is 36.4 Å². The first kappa shape index (κ1) is 13.3. The monoisotopic (exact) mass is 248 g/mol. The van der Waals surface area contributed by atoms with Crippen LogP contribution in [0.25, 0.3) is 0 Å². The Morgan fingerprint density at radius 1 is 1.28 bits per heavy atom. The fourth-order valence-electron chi connectivity index (χ4n) is 2.42. The van der Waals surface area contributed by atoms with E-state index in [2.05, 4.69) is 42.8 Å². The van der Waals surface area contributed by atoms with E-state index < -0.39 is 0 Å². The van der Waals surface area contributed by atoms with Gasteiger partial charge in [0.2, 0.25) is 0 Å². The second-order valence-corrected chi connectivity index (χ2v) is 6.48. The van der Waals surface area contributed by atoms with Crippen LogP contribution in [0.1, 0.15) is 39.2 Å². The van der Waals surface area contributed by atoms with Gasteiger partial charge in [0.25, 0.3) is 0 Å². The third kappa shape index (κ3) is 3.70. The normalized spacial score (nSPS) is 18.1. The lowest BCUT2D eigenvalue weighted by Gasteiger charge is -2.30. The maximum absolute atomic E-state index is 9.50. The van der Waals surface area contributed by atoms with Crippen LogP contribution in [0.15, 0.2) is 18.3 Å². The number of hydrogen-bond donors (Lipinski definition) is 1. The summed E-state index contributed by atoms with van der Waals surface area (Å²) < 4.78 is 0. The Balaban J connectivity index is 1.99. The summed E-state index contributed by atoms with van der Waals surface area (Å²) in [4.78, 5) is 6.81. The zero-order valence-corrected chi connectivity index (χ0v) is 11.7. The maximum atomic E-state index is 9.50. The van der Waals surface area contributed by atoms with E-state index in [-0.39, 0.29) is 6.10 Å². The van der Waals surface area contributed by atoms with Crippen LogP contribution in [-0.4, -0.2) is 29.3 Å². The molecule has 18 heavy (non-hydrogen) atoms. The first-order chi connectivity index (χ1) is 8.44. The summed E-state index contributed by atoms with van der Waals surface area (Å²) in [5, 5.41) is 9.50. The summed E-state index contributed by atoms with van der Waals surface area (Å²) in [5.74, 6) is 1.04. The SMILES string of the molecule is CC(C)(C)Cc1ccc(N2CCC(O)CC2)nc1. The molecule has 2 rings (SSSR count). The molecule has 1 aliphatic heterocycles. The van der Waals surface area contributed by atoms with Gasteiger partial charge in [-0.05, 0) is 36.3 Å². The van der Waals surface area contributed by atoms with Crippen molar-refractivity contribution in [1.29, 1.82) is 0 Å². The van der Waals surface area contributed by atoms with Gasteiger partial charge in [-0.3, -0.25) is 0 Å². The number of anilines is 1. The molecule has 0 atom stereocenters. The van der Waals surface area contributed by atoms with Gasteiger partial charge in [0.1, 0.15) is 5.82 Å². The van der Waals surface area contributed by atoms with Crippen molar-refractivity contribution in [3.63, 3.8) is 0 Å². The van der Waals surface area contributed by atoms with E-state index in [1.54, 1.807) is 0 Å². The zero-order chi connectivity index (χ0) is 13.2. The quantitative estimate of drug-likeness (QED) is 0.874. The van der Waals surface area contributed by atoms with Crippen molar-refractivity contribution in [3.05, 3.63) is 23.9 Å². The number of nitrogens with zero attached hydrogens (tertiary/aromatic N) is 2. The third-order valence-electron chi connectivity index (χ3n) is 3.33. The van der Waals surface area contributed by atoms with E-state index in [9.17, 15) is 5.11 Å². The van der Waals surface area contributed by atoms with E-state index in [0.29, 0.717) is 5.41 Å². The lowest BCUT2D eigenvalue weighted by atomic mass is 9.89. The molecular formula is C15H24N2O. The van der Waals surface area contributed by atoms with Crippen LogP contribution in [-0.2, 0) is 6.42 Å². The number of aliphatic hydroxyl groups is 1. The molecule has 0 aromatic carbocycles. The molecule has 1 saturated heterocycles. The van der Waals surface area contributed by atoms with Gasteiger partial charge >= 0.3 is 0 Å². The fourth-order valence-corrected chi connectivity index (χ4v) is 2.42. The summed E-state index contributed by atoms with van der Waals surface area (Å²) in [5.41, 5.74) is 1.60. The molecule has 0 spiro atoms. The molecule has 0 saturated carbocycles. The molecule has 0 amide bonds. The van der Waals surface area contributed by atoms with Gasteiger partial charge in [-0.25, -0.2) is 4.98 Å². The minimum absolute atomic E-state index is 0.124. The standard InChI is InChI=1S/C15H24N2O/c1-15(2,3)10-12-4-5-14(16-11-12)17-8-6-13(18)7-9-17/h4-5,11,13,18H,6-10H2,1-3H3. The Morgan fingerprint density at radius 2 is 1.94 bits per heavy atom. The first-order valence-electron chi connectivity index (χ1n) is 6.82. The van der Waals surface area contributed by atoms with Crippen LogP contribution in [0.3, 0.4) is 0 Å². The fraction of sp³-hybridized carbons (Fsp3) is 0.667. The number of aliphatic hydroxyl groups excluding tert-OH is 1. The molecule has 2 heterocycles. The van der Waals surface area contributed by atoms with Crippen molar-refractivity contribution in [2.24, 2.45) is 5.41 Å². The van der Waals surface area contributed by atoms with E-state index in [1.165, 1.54) is 5.56 Å². The molecule has 1 fully saturated rings. The van der Waals surface area contributed by atoms with Gasteiger partial charge in [-0.2, -0.15) is 0 Å². The van der Waals surface area contributed by atoms with E-state index in [1.807, 2.05) is 6.20 Å². The van der Waals surface area contributed by atoms with Gasteiger partial charge in [0, 0.05) is 19.3 Å². The van der Waals surface area contributed by atoms with Gasteiger partial charge in [0.05, 0.1) is 6.10 Å². The highest BCUT2D eigenvalue weighted by Crippen LogP contribution is 2.22. The highest BCUT2D eigenvalue weighted by atomic mass is 16.3. The highest BCUT2D eigenvalue weighted by molar-refractivity contribution is 5.39. The second kappa shape index (κ2) is 5.27. The molecule has 3 nitrogen and oxygen atoms in total. The van der Waals surface area contributed by atoms with Crippen LogP contribution < -0.4 is 4.90 Å². The first-order valence-corrected chi connectivity index (χ1v) is 6.82. The lowest BCUT2D eigenvalue weighted by Crippen LogP contribution is -2.36. The van der Waals surface area contributed by atoms with Crippen molar-refractivity contribution >= 4 is 5.82 Å². The predicted molar refractivity (Wildman–Crippen MR) is 74.8 cm³/mol. The molecule has 0 bridgehead atoms. The molecule has 0 aliphatic carbocycles. The minimum atomic E-state index is -0.124. The number of piperidine rings is 1. The van der Waals surface area contributed by atoms with Gasteiger partial charge in [0.15, 0.2) is 0 Å². The van der Waals surface area contributed by atoms with E-state index >= 15 is 0 Å². The van der Waals surface area contributed by atoms with Crippen LogP contribution in [0, 0.1) is 5.41 Å². The molecule has 0 radical (unpaired) electrons. The van der Waals surface area contributed by atoms with Crippen molar-refractivity contribution in [2.75, 3.05) is 18.0 Å². The Morgan fingerprint density at radius 3 is 2.44 bits per heavy atom. The third-order valence-corrected chi connectivity index (χ3v) is 3.33.